The first-order valence-electron chi connectivity index (χ1n) is 11.6. The van der Waals surface area contributed by atoms with Gasteiger partial charge in [0.2, 0.25) is 0 Å². The van der Waals surface area contributed by atoms with Gasteiger partial charge in [0, 0.05) is 6.04 Å². The first kappa shape index (κ1) is 23.4. The van der Waals surface area contributed by atoms with E-state index in [1.807, 2.05) is 0 Å². The molecule has 1 nitrogen and oxygen atoms in total. The van der Waals surface area contributed by atoms with E-state index in [0.29, 0.717) is 11.5 Å². The van der Waals surface area contributed by atoms with Crippen LogP contribution in [0.1, 0.15) is 90.2 Å². The van der Waals surface area contributed by atoms with E-state index in [4.69, 9.17) is 0 Å². The zero-order valence-electron chi connectivity index (χ0n) is 19.1. The van der Waals surface area contributed by atoms with Gasteiger partial charge in [0.1, 0.15) is 0 Å². The fourth-order valence-corrected chi connectivity index (χ4v) is 5.56. The van der Waals surface area contributed by atoms with Crippen molar-refractivity contribution in [3.8, 4) is 0 Å². The largest absolute Gasteiger partial charge is 0.416 e. The molecule has 0 amide bonds. The topological polar surface area (TPSA) is 3.24 Å². The van der Waals surface area contributed by atoms with Crippen molar-refractivity contribution in [3.63, 3.8) is 0 Å². The zero-order valence-corrected chi connectivity index (χ0v) is 19.1. The third kappa shape index (κ3) is 5.69. The second kappa shape index (κ2) is 9.06. The molecule has 30 heavy (non-hydrogen) atoms. The molecule has 1 aromatic carbocycles. The van der Waals surface area contributed by atoms with E-state index in [0.717, 1.165) is 25.1 Å². The van der Waals surface area contributed by atoms with Crippen LogP contribution < -0.4 is 0 Å². The van der Waals surface area contributed by atoms with E-state index in [1.54, 1.807) is 12.1 Å². The molecule has 2 fully saturated rings. The summed E-state index contributed by atoms with van der Waals surface area (Å²) in [6.45, 7) is 10.9. The maximum absolute atomic E-state index is 12.9. The molecule has 4 heteroatoms. The smallest absolute Gasteiger partial charge is 0.297 e. The predicted octanol–water partition coefficient (Wildman–Crippen LogP) is 7.75. The van der Waals surface area contributed by atoms with Crippen LogP contribution in [0.15, 0.2) is 35.9 Å². The minimum Gasteiger partial charge on any atom is -0.297 e. The molecule has 1 aliphatic heterocycles. The van der Waals surface area contributed by atoms with Crippen LogP contribution >= 0.6 is 0 Å². The highest BCUT2D eigenvalue weighted by Gasteiger charge is 2.38. The van der Waals surface area contributed by atoms with E-state index in [1.165, 1.54) is 62.7 Å². The normalized spacial score (nSPS) is 21.4. The van der Waals surface area contributed by atoms with Crippen molar-refractivity contribution in [3.05, 3.63) is 47.0 Å². The second-order valence-corrected chi connectivity index (χ2v) is 10.6. The summed E-state index contributed by atoms with van der Waals surface area (Å²) in [6.07, 6.45) is 8.54. The van der Waals surface area contributed by atoms with Crippen molar-refractivity contribution in [2.24, 2.45) is 5.41 Å². The average Bonchev–Trinajstić information content (AvgIpc) is 2.68. The van der Waals surface area contributed by atoms with Crippen LogP contribution in [-0.2, 0) is 11.6 Å². The summed E-state index contributed by atoms with van der Waals surface area (Å²) in [5.74, 6) is 0. The summed E-state index contributed by atoms with van der Waals surface area (Å²) in [6, 6.07) is 6.10. The molecule has 2 aliphatic rings. The molecular formula is C26H38F3N. The van der Waals surface area contributed by atoms with Crippen molar-refractivity contribution in [1.82, 2.24) is 4.90 Å². The molecule has 168 valence electrons. The second-order valence-electron chi connectivity index (χ2n) is 10.6. The maximum Gasteiger partial charge on any atom is 0.416 e. The number of piperidine rings is 1. The number of rotatable bonds is 5. The van der Waals surface area contributed by atoms with Crippen molar-refractivity contribution >= 4 is 0 Å². The lowest BCUT2D eigenvalue weighted by Crippen LogP contribution is -2.47. The van der Waals surface area contributed by atoms with Crippen LogP contribution in [0.3, 0.4) is 0 Å². The van der Waals surface area contributed by atoms with Gasteiger partial charge in [-0.05, 0) is 87.6 Å². The third-order valence-corrected chi connectivity index (χ3v) is 7.48. The fourth-order valence-electron chi connectivity index (χ4n) is 5.56. The highest BCUT2D eigenvalue weighted by Crippen LogP contribution is 2.45. The Morgan fingerprint density at radius 2 is 1.47 bits per heavy atom. The molecule has 0 aromatic heterocycles. The SMILES string of the molecule is CC(C)=CC(CC(C)(C)c1ccc(C(F)(F)F)cc1)N1CCC2(CCCCC2)CC1. The minimum absolute atomic E-state index is 0.194. The third-order valence-electron chi connectivity index (χ3n) is 7.48. The van der Waals surface area contributed by atoms with Gasteiger partial charge in [-0.25, -0.2) is 0 Å². The minimum atomic E-state index is -4.28. The lowest BCUT2D eigenvalue weighted by atomic mass is 9.67. The molecule has 1 unspecified atom stereocenters. The molecule has 1 saturated heterocycles. The highest BCUT2D eigenvalue weighted by molar-refractivity contribution is 5.30. The van der Waals surface area contributed by atoms with Gasteiger partial charge < -0.3 is 0 Å². The lowest BCUT2D eigenvalue weighted by Gasteiger charge is -2.47. The van der Waals surface area contributed by atoms with Crippen LogP contribution in [0, 0.1) is 5.41 Å². The van der Waals surface area contributed by atoms with Gasteiger partial charge in [0.05, 0.1) is 5.56 Å². The number of halogens is 3. The Morgan fingerprint density at radius 3 is 1.97 bits per heavy atom. The van der Waals surface area contributed by atoms with E-state index in [2.05, 4.69) is 38.7 Å². The standard InChI is InChI=1S/C26H38F3N/c1-20(2)18-23(30-16-14-25(15-17-30)12-6-5-7-13-25)19-24(3,4)21-8-10-22(11-9-21)26(27,28)29/h8-11,18,23H,5-7,12-17,19H2,1-4H3. The van der Waals surface area contributed by atoms with E-state index < -0.39 is 11.7 Å². The number of likely N-dealkylation sites (tertiary alicyclic amines) is 1. The summed E-state index contributed by atoms with van der Waals surface area (Å²) in [7, 11) is 0. The van der Waals surface area contributed by atoms with Gasteiger partial charge in [-0.2, -0.15) is 13.2 Å². The van der Waals surface area contributed by atoms with Gasteiger partial charge in [-0.15, -0.1) is 0 Å². The Balaban J connectivity index is 1.72. The summed E-state index contributed by atoms with van der Waals surface area (Å²) in [5, 5.41) is 0. The molecular weight excluding hydrogens is 383 g/mol. The molecule has 0 N–H and O–H groups in total. The zero-order chi connectivity index (χ0) is 22.0. The molecule has 1 aromatic rings. The summed E-state index contributed by atoms with van der Waals surface area (Å²) >= 11 is 0. The van der Waals surface area contributed by atoms with E-state index in [-0.39, 0.29) is 5.41 Å². The van der Waals surface area contributed by atoms with Gasteiger partial charge in [-0.1, -0.05) is 56.9 Å². The predicted molar refractivity (Wildman–Crippen MR) is 119 cm³/mol. The van der Waals surface area contributed by atoms with Crippen molar-refractivity contribution in [2.75, 3.05) is 13.1 Å². The van der Waals surface area contributed by atoms with Gasteiger partial charge in [0.25, 0.3) is 0 Å². The Morgan fingerprint density at radius 1 is 0.933 bits per heavy atom. The molecule has 1 saturated carbocycles. The van der Waals surface area contributed by atoms with Gasteiger partial charge in [0.15, 0.2) is 0 Å². The lowest BCUT2D eigenvalue weighted by molar-refractivity contribution is -0.137. The van der Waals surface area contributed by atoms with Crippen molar-refractivity contribution in [2.45, 2.75) is 96.7 Å². The van der Waals surface area contributed by atoms with E-state index >= 15 is 0 Å². The van der Waals surface area contributed by atoms with Gasteiger partial charge in [-0.3, -0.25) is 4.90 Å². The maximum atomic E-state index is 12.9. The van der Waals surface area contributed by atoms with Crippen LogP contribution in [0.4, 0.5) is 13.2 Å². The first-order valence-corrected chi connectivity index (χ1v) is 11.6. The highest BCUT2D eigenvalue weighted by atomic mass is 19.4. The summed E-state index contributed by atoms with van der Waals surface area (Å²) < 4.78 is 38.8. The number of alkyl halides is 3. The monoisotopic (exact) mass is 421 g/mol. The Hall–Kier alpha value is -1.29. The molecule has 1 atom stereocenters. The van der Waals surface area contributed by atoms with Crippen LogP contribution in [0.5, 0.6) is 0 Å². The number of benzene rings is 1. The number of hydrogen-bond acceptors (Lipinski definition) is 1. The molecule has 0 bridgehead atoms. The Labute approximate surface area is 180 Å². The number of hydrogen-bond donors (Lipinski definition) is 0. The average molecular weight is 422 g/mol. The molecule has 1 aliphatic carbocycles. The Bertz CT molecular complexity index is 710. The number of nitrogens with zero attached hydrogens (tertiary/aromatic N) is 1. The van der Waals surface area contributed by atoms with E-state index in [9.17, 15) is 13.2 Å². The molecule has 0 radical (unpaired) electrons. The van der Waals surface area contributed by atoms with Crippen molar-refractivity contribution < 1.29 is 13.2 Å². The summed E-state index contributed by atoms with van der Waals surface area (Å²) in [4.78, 5) is 2.62. The van der Waals surface area contributed by atoms with Gasteiger partial charge >= 0.3 is 6.18 Å². The number of allylic oxidation sites excluding steroid dienone is 1. The van der Waals surface area contributed by atoms with Crippen molar-refractivity contribution in [1.29, 1.82) is 0 Å². The Kier molecular flexibility index (Phi) is 7.06. The van der Waals surface area contributed by atoms with Crippen LogP contribution in [0.25, 0.3) is 0 Å². The van der Waals surface area contributed by atoms with Crippen LogP contribution in [0.2, 0.25) is 0 Å². The fraction of sp³-hybridized carbons (Fsp3) is 0.692. The van der Waals surface area contributed by atoms with Crippen LogP contribution in [-0.4, -0.2) is 24.0 Å². The summed E-state index contributed by atoms with van der Waals surface area (Å²) in [5.41, 5.74) is 2.09. The molecule has 1 spiro atoms. The molecule has 1 heterocycles. The molecule has 3 rings (SSSR count). The first-order chi connectivity index (χ1) is 14.0. The quantitative estimate of drug-likeness (QED) is 0.439.